The zero-order chi connectivity index (χ0) is 25.8. The highest BCUT2D eigenvalue weighted by Gasteiger charge is 2.25. The lowest BCUT2D eigenvalue weighted by Crippen LogP contribution is -2.43. The van der Waals surface area contributed by atoms with Crippen molar-refractivity contribution in [1.29, 1.82) is 0 Å². The number of carbonyl (C=O) groups is 2. The average molecular weight is 531 g/mol. The summed E-state index contributed by atoms with van der Waals surface area (Å²) in [6.07, 6.45) is 0. The summed E-state index contributed by atoms with van der Waals surface area (Å²) in [5, 5.41) is 0.652. The molecule has 0 saturated heterocycles. The predicted octanol–water partition coefficient (Wildman–Crippen LogP) is 5.95. The molecular formula is C27H28Cl2N2O5. The van der Waals surface area contributed by atoms with Crippen LogP contribution in [-0.4, -0.2) is 41.5 Å². The summed E-state index contributed by atoms with van der Waals surface area (Å²) in [6, 6.07) is 14.0. The molecular weight excluding hydrogens is 503 g/mol. The Morgan fingerprint density at radius 1 is 0.917 bits per heavy atom. The highest BCUT2D eigenvalue weighted by molar-refractivity contribution is 6.42. The third-order valence-electron chi connectivity index (χ3n) is 5.67. The summed E-state index contributed by atoms with van der Waals surface area (Å²) in [7, 11) is 0. The minimum atomic E-state index is -0.285. The number of hydrogen-bond donors (Lipinski definition) is 0. The van der Waals surface area contributed by atoms with Crippen molar-refractivity contribution in [3.05, 3.63) is 81.2 Å². The minimum absolute atomic E-state index is 0.0957. The van der Waals surface area contributed by atoms with Crippen molar-refractivity contribution in [2.24, 2.45) is 5.92 Å². The quantitative estimate of drug-likeness (QED) is 0.341. The first-order valence-electron chi connectivity index (χ1n) is 11.7. The summed E-state index contributed by atoms with van der Waals surface area (Å²) in [5.41, 5.74) is 1.25. The Bertz CT molecular complexity index is 1260. The largest absolute Gasteiger partial charge is 0.464 e. The maximum atomic E-state index is 13.6. The van der Waals surface area contributed by atoms with E-state index in [-0.39, 0.29) is 42.6 Å². The van der Waals surface area contributed by atoms with Crippen LogP contribution in [0.15, 0.2) is 52.9 Å². The monoisotopic (exact) mass is 530 g/mol. The van der Waals surface area contributed by atoms with E-state index in [0.29, 0.717) is 40.9 Å². The molecule has 2 amide bonds. The Labute approximate surface area is 220 Å². The SMILES string of the molecule is Cc1ccc(CN(Cc2ccc3c(c2)OCO3)C(=O)CN(CC(C)C)C(=O)c2ccc(Cl)c(Cl)c2)o1. The molecule has 3 aromatic rings. The summed E-state index contributed by atoms with van der Waals surface area (Å²) >= 11 is 12.2. The van der Waals surface area contributed by atoms with Gasteiger partial charge in [0.15, 0.2) is 11.5 Å². The van der Waals surface area contributed by atoms with Crippen LogP contribution in [0.2, 0.25) is 10.0 Å². The molecule has 2 heterocycles. The van der Waals surface area contributed by atoms with Gasteiger partial charge in [-0.1, -0.05) is 43.1 Å². The molecule has 0 aliphatic carbocycles. The van der Waals surface area contributed by atoms with Crippen LogP contribution in [0.4, 0.5) is 0 Å². The van der Waals surface area contributed by atoms with Crippen LogP contribution in [0.5, 0.6) is 11.5 Å². The Hall–Kier alpha value is -3.16. The lowest BCUT2D eigenvalue weighted by atomic mass is 10.1. The molecule has 0 unspecified atom stereocenters. The first-order chi connectivity index (χ1) is 17.2. The van der Waals surface area contributed by atoms with Gasteiger partial charge in [-0.3, -0.25) is 9.59 Å². The normalized spacial score (nSPS) is 12.2. The van der Waals surface area contributed by atoms with E-state index < -0.39 is 0 Å². The smallest absolute Gasteiger partial charge is 0.254 e. The minimum Gasteiger partial charge on any atom is -0.464 e. The van der Waals surface area contributed by atoms with E-state index in [1.54, 1.807) is 21.9 Å². The Morgan fingerprint density at radius 2 is 1.69 bits per heavy atom. The van der Waals surface area contributed by atoms with Crippen molar-refractivity contribution >= 4 is 35.0 Å². The highest BCUT2D eigenvalue weighted by Crippen LogP contribution is 2.33. The number of fused-ring (bicyclic) bond motifs is 1. The highest BCUT2D eigenvalue weighted by atomic mass is 35.5. The molecule has 0 atom stereocenters. The number of ether oxygens (including phenoxy) is 2. The van der Waals surface area contributed by atoms with Crippen molar-refractivity contribution in [3.8, 4) is 11.5 Å². The van der Waals surface area contributed by atoms with Gasteiger partial charge in [0.05, 0.1) is 16.6 Å². The molecule has 4 rings (SSSR count). The third kappa shape index (κ3) is 6.33. The van der Waals surface area contributed by atoms with E-state index in [9.17, 15) is 9.59 Å². The topological polar surface area (TPSA) is 72.2 Å². The van der Waals surface area contributed by atoms with E-state index in [1.165, 1.54) is 6.07 Å². The molecule has 0 fully saturated rings. The van der Waals surface area contributed by atoms with Gasteiger partial charge in [-0.05, 0) is 60.9 Å². The molecule has 0 spiro atoms. The summed E-state index contributed by atoms with van der Waals surface area (Å²) in [6.45, 7) is 6.90. The fraction of sp³-hybridized carbons (Fsp3) is 0.333. The average Bonchev–Trinajstić information content (AvgIpc) is 3.47. The van der Waals surface area contributed by atoms with Gasteiger partial charge in [0, 0.05) is 18.7 Å². The second-order valence-corrected chi connectivity index (χ2v) is 9.97. The zero-order valence-electron chi connectivity index (χ0n) is 20.4. The Kier molecular flexibility index (Phi) is 8.11. The number of aryl methyl sites for hydroxylation is 1. The molecule has 7 nitrogen and oxygen atoms in total. The molecule has 0 bridgehead atoms. The molecule has 2 aromatic carbocycles. The van der Waals surface area contributed by atoms with Crippen LogP contribution in [0.1, 0.15) is 41.3 Å². The number of furan rings is 1. The molecule has 0 radical (unpaired) electrons. The van der Waals surface area contributed by atoms with E-state index in [1.807, 2.05) is 51.1 Å². The van der Waals surface area contributed by atoms with Crippen molar-refractivity contribution in [2.45, 2.75) is 33.9 Å². The van der Waals surface area contributed by atoms with Gasteiger partial charge in [0.1, 0.15) is 18.1 Å². The number of nitrogens with zero attached hydrogens (tertiary/aromatic N) is 2. The molecule has 1 aromatic heterocycles. The van der Waals surface area contributed by atoms with Crippen molar-refractivity contribution < 1.29 is 23.5 Å². The maximum absolute atomic E-state index is 13.6. The third-order valence-corrected chi connectivity index (χ3v) is 6.41. The van der Waals surface area contributed by atoms with Gasteiger partial charge in [0.2, 0.25) is 12.7 Å². The molecule has 9 heteroatoms. The van der Waals surface area contributed by atoms with Gasteiger partial charge in [0.25, 0.3) is 5.91 Å². The van der Waals surface area contributed by atoms with Gasteiger partial charge in [-0.15, -0.1) is 0 Å². The summed E-state index contributed by atoms with van der Waals surface area (Å²) in [5.74, 6) is 2.39. The lowest BCUT2D eigenvalue weighted by molar-refractivity contribution is -0.133. The van der Waals surface area contributed by atoms with Crippen LogP contribution in [0.3, 0.4) is 0 Å². The molecule has 1 aliphatic rings. The Morgan fingerprint density at radius 3 is 2.39 bits per heavy atom. The molecule has 0 N–H and O–H groups in total. The Balaban J connectivity index is 1.57. The number of carbonyl (C=O) groups excluding carboxylic acids is 2. The van der Waals surface area contributed by atoms with E-state index in [0.717, 1.165) is 11.3 Å². The van der Waals surface area contributed by atoms with Crippen LogP contribution >= 0.6 is 23.2 Å². The number of benzene rings is 2. The zero-order valence-corrected chi connectivity index (χ0v) is 21.9. The van der Waals surface area contributed by atoms with Crippen LogP contribution in [0.25, 0.3) is 0 Å². The second-order valence-electron chi connectivity index (χ2n) is 9.16. The van der Waals surface area contributed by atoms with Crippen molar-refractivity contribution in [3.63, 3.8) is 0 Å². The molecule has 36 heavy (non-hydrogen) atoms. The number of hydrogen-bond acceptors (Lipinski definition) is 5. The summed E-state index contributed by atoms with van der Waals surface area (Å²) < 4.78 is 16.6. The fourth-order valence-corrected chi connectivity index (χ4v) is 4.28. The van der Waals surface area contributed by atoms with Gasteiger partial charge < -0.3 is 23.7 Å². The van der Waals surface area contributed by atoms with E-state index in [4.69, 9.17) is 37.1 Å². The van der Waals surface area contributed by atoms with E-state index in [2.05, 4.69) is 0 Å². The molecule has 190 valence electrons. The predicted molar refractivity (Wildman–Crippen MR) is 137 cm³/mol. The van der Waals surface area contributed by atoms with E-state index >= 15 is 0 Å². The fourth-order valence-electron chi connectivity index (χ4n) is 3.99. The molecule has 1 aliphatic heterocycles. The van der Waals surface area contributed by atoms with Gasteiger partial charge in [-0.2, -0.15) is 0 Å². The van der Waals surface area contributed by atoms with Crippen molar-refractivity contribution in [1.82, 2.24) is 9.80 Å². The summed E-state index contributed by atoms with van der Waals surface area (Å²) in [4.78, 5) is 30.2. The van der Waals surface area contributed by atoms with Gasteiger partial charge >= 0.3 is 0 Å². The first-order valence-corrected chi connectivity index (χ1v) is 12.4. The first kappa shape index (κ1) is 25.9. The van der Waals surface area contributed by atoms with Crippen LogP contribution in [0, 0.1) is 12.8 Å². The lowest BCUT2D eigenvalue weighted by Gasteiger charge is -2.28. The molecule has 0 saturated carbocycles. The number of halogens is 2. The van der Waals surface area contributed by atoms with Crippen molar-refractivity contribution in [2.75, 3.05) is 19.9 Å². The van der Waals surface area contributed by atoms with Crippen LogP contribution in [-0.2, 0) is 17.9 Å². The number of rotatable bonds is 9. The second kappa shape index (κ2) is 11.3. The standard InChI is InChI=1S/C27H28Cl2N2O5/c1-17(2)12-31(27(33)20-6-8-22(28)23(29)11-20)15-26(32)30(14-21-7-4-18(3)36-21)13-19-5-9-24-25(10-19)35-16-34-24/h4-11,17H,12-16H2,1-3H3. The van der Waals surface area contributed by atoms with Crippen LogP contribution < -0.4 is 9.47 Å². The van der Waals surface area contributed by atoms with Gasteiger partial charge in [-0.25, -0.2) is 0 Å². The maximum Gasteiger partial charge on any atom is 0.254 e. The number of amides is 2.